The van der Waals surface area contributed by atoms with E-state index in [1.165, 1.54) is 13.8 Å². The van der Waals surface area contributed by atoms with Gasteiger partial charge >= 0.3 is 0 Å². The van der Waals surface area contributed by atoms with Crippen LogP contribution in [0, 0.1) is 5.92 Å². The van der Waals surface area contributed by atoms with Gasteiger partial charge in [-0.3, -0.25) is 9.59 Å². The highest BCUT2D eigenvalue weighted by atomic mass is 16.5. The van der Waals surface area contributed by atoms with Crippen LogP contribution in [0.5, 0.6) is 0 Å². The van der Waals surface area contributed by atoms with Gasteiger partial charge in [0.25, 0.3) is 0 Å². The van der Waals surface area contributed by atoms with Crippen LogP contribution in [0.15, 0.2) is 0 Å². The molecule has 90 valence electrons. The summed E-state index contributed by atoms with van der Waals surface area (Å²) in [5.74, 6) is 0.309. The number of nitrogens with zero attached hydrogens (tertiary/aromatic N) is 1. The SMILES string of the molecule is CC(=O)[C@@H]1[C@@H]2OC(C)(C)C[C@H]2CN1C(C)=O. The van der Waals surface area contributed by atoms with Crippen LogP contribution in [-0.2, 0) is 14.3 Å². The minimum Gasteiger partial charge on any atom is -0.369 e. The molecular weight excluding hydrogens is 206 g/mol. The fourth-order valence-electron chi connectivity index (χ4n) is 3.07. The van der Waals surface area contributed by atoms with Crippen molar-refractivity contribution in [1.29, 1.82) is 0 Å². The maximum absolute atomic E-state index is 11.6. The van der Waals surface area contributed by atoms with Gasteiger partial charge in [-0.05, 0) is 27.2 Å². The predicted molar refractivity (Wildman–Crippen MR) is 58.9 cm³/mol. The summed E-state index contributed by atoms with van der Waals surface area (Å²) in [6, 6.07) is -0.371. The smallest absolute Gasteiger partial charge is 0.220 e. The molecule has 4 nitrogen and oxygen atoms in total. The van der Waals surface area contributed by atoms with Gasteiger partial charge in [0.1, 0.15) is 6.04 Å². The Morgan fingerprint density at radius 1 is 1.31 bits per heavy atom. The lowest BCUT2D eigenvalue weighted by Gasteiger charge is -2.28. The highest BCUT2D eigenvalue weighted by Crippen LogP contribution is 2.42. The summed E-state index contributed by atoms with van der Waals surface area (Å²) < 4.78 is 5.91. The molecule has 4 heteroatoms. The van der Waals surface area contributed by atoms with Crippen LogP contribution in [0.25, 0.3) is 0 Å². The number of hydrogen-bond acceptors (Lipinski definition) is 3. The topological polar surface area (TPSA) is 46.6 Å². The first-order valence-corrected chi connectivity index (χ1v) is 5.77. The van der Waals surface area contributed by atoms with Gasteiger partial charge in [0, 0.05) is 19.4 Å². The Labute approximate surface area is 95.9 Å². The van der Waals surface area contributed by atoms with Crippen molar-refractivity contribution in [2.24, 2.45) is 5.92 Å². The average Bonchev–Trinajstić information content (AvgIpc) is 2.54. The molecule has 0 aromatic heterocycles. The zero-order valence-electron chi connectivity index (χ0n) is 10.3. The summed E-state index contributed by atoms with van der Waals surface area (Å²) in [5.41, 5.74) is -0.161. The Balaban J connectivity index is 2.23. The van der Waals surface area contributed by atoms with Gasteiger partial charge in [0.05, 0.1) is 11.7 Å². The summed E-state index contributed by atoms with van der Waals surface area (Å²) >= 11 is 0. The van der Waals surface area contributed by atoms with Gasteiger partial charge < -0.3 is 9.64 Å². The van der Waals surface area contributed by atoms with Crippen molar-refractivity contribution >= 4 is 11.7 Å². The molecule has 2 aliphatic heterocycles. The molecule has 0 spiro atoms. The van der Waals surface area contributed by atoms with Crippen LogP contribution in [0.4, 0.5) is 0 Å². The van der Waals surface area contributed by atoms with Gasteiger partial charge in [0.2, 0.25) is 5.91 Å². The van der Waals surface area contributed by atoms with Crippen molar-refractivity contribution in [3.63, 3.8) is 0 Å². The first kappa shape index (κ1) is 11.6. The van der Waals surface area contributed by atoms with Crippen LogP contribution in [0.3, 0.4) is 0 Å². The van der Waals surface area contributed by atoms with Crippen molar-refractivity contribution in [1.82, 2.24) is 4.90 Å². The van der Waals surface area contributed by atoms with E-state index in [2.05, 4.69) is 0 Å². The van der Waals surface area contributed by atoms with E-state index in [4.69, 9.17) is 4.74 Å². The molecule has 0 radical (unpaired) electrons. The second-order valence-electron chi connectivity index (χ2n) is 5.53. The zero-order chi connectivity index (χ0) is 12.1. The fourth-order valence-corrected chi connectivity index (χ4v) is 3.07. The fraction of sp³-hybridized carbons (Fsp3) is 0.833. The molecule has 0 saturated carbocycles. The quantitative estimate of drug-likeness (QED) is 0.668. The van der Waals surface area contributed by atoms with Crippen LogP contribution in [0.2, 0.25) is 0 Å². The standard InChI is InChI=1S/C12H19NO3/c1-7(14)10-11-9(5-12(3,4)16-11)6-13(10)8(2)15/h9-11H,5-6H2,1-4H3/t9-,10+,11+/m0/s1. The molecule has 2 saturated heterocycles. The van der Waals surface area contributed by atoms with E-state index in [1.54, 1.807) is 4.90 Å². The summed E-state index contributed by atoms with van der Waals surface area (Å²) in [6.07, 6.45) is 0.821. The van der Waals surface area contributed by atoms with Gasteiger partial charge in [0.15, 0.2) is 5.78 Å². The minimum absolute atomic E-state index is 0.0281. The first-order chi connectivity index (χ1) is 7.32. The molecule has 3 atom stereocenters. The number of rotatable bonds is 1. The minimum atomic E-state index is -0.371. The molecule has 16 heavy (non-hydrogen) atoms. The van der Waals surface area contributed by atoms with Crippen LogP contribution >= 0.6 is 0 Å². The molecule has 0 N–H and O–H groups in total. The van der Waals surface area contributed by atoms with Crippen molar-refractivity contribution in [3.8, 4) is 0 Å². The van der Waals surface area contributed by atoms with Crippen molar-refractivity contribution < 1.29 is 14.3 Å². The van der Waals surface area contributed by atoms with E-state index in [0.29, 0.717) is 12.5 Å². The third-order valence-corrected chi connectivity index (χ3v) is 3.57. The lowest BCUT2D eigenvalue weighted by Crippen LogP contribution is -2.45. The van der Waals surface area contributed by atoms with Crippen molar-refractivity contribution in [2.45, 2.75) is 51.9 Å². The van der Waals surface area contributed by atoms with E-state index >= 15 is 0 Å². The van der Waals surface area contributed by atoms with Crippen LogP contribution < -0.4 is 0 Å². The van der Waals surface area contributed by atoms with Crippen molar-refractivity contribution in [3.05, 3.63) is 0 Å². The van der Waals surface area contributed by atoms with Gasteiger partial charge in [-0.25, -0.2) is 0 Å². The largest absolute Gasteiger partial charge is 0.369 e. The number of fused-ring (bicyclic) bond motifs is 1. The molecule has 0 bridgehead atoms. The number of hydrogen-bond donors (Lipinski definition) is 0. The Morgan fingerprint density at radius 2 is 1.94 bits per heavy atom. The molecule has 0 aromatic carbocycles. The zero-order valence-corrected chi connectivity index (χ0v) is 10.3. The third-order valence-electron chi connectivity index (χ3n) is 3.57. The van der Waals surface area contributed by atoms with E-state index in [-0.39, 0.29) is 29.4 Å². The van der Waals surface area contributed by atoms with E-state index in [1.807, 2.05) is 13.8 Å². The summed E-state index contributed by atoms with van der Waals surface area (Å²) in [7, 11) is 0. The summed E-state index contributed by atoms with van der Waals surface area (Å²) in [5, 5.41) is 0. The Bertz CT molecular complexity index is 337. The number of ether oxygens (including phenoxy) is 1. The van der Waals surface area contributed by atoms with E-state index < -0.39 is 0 Å². The maximum Gasteiger partial charge on any atom is 0.220 e. The molecule has 0 aromatic rings. The molecule has 2 fully saturated rings. The molecule has 1 amide bonds. The summed E-state index contributed by atoms with van der Waals surface area (Å²) in [6.45, 7) is 7.80. The Morgan fingerprint density at radius 3 is 2.44 bits per heavy atom. The lowest BCUT2D eigenvalue weighted by atomic mass is 9.94. The molecule has 0 aliphatic carbocycles. The Kier molecular flexibility index (Phi) is 2.57. The first-order valence-electron chi connectivity index (χ1n) is 5.77. The second-order valence-corrected chi connectivity index (χ2v) is 5.53. The Hall–Kier alpha value is -0.900. The monoisotopic (exact) mass is 225 g/mol. The van der Waals surface area contributed by atoms with Gasteiger partial charge in [-0.2, -0.15) is 0 Å². The normalized spacial score (nSPS) is 36.2. The number of carbonyl (C=O) groups excluding carboxylic acids is 2. The number of Topliss-reactive ketones (excluding diaryl/α,β-unsaturated/α-hetero) is 1. The molecule has 2 rings (SSSR count). The number of likely N-dealkylation sites (tertiary alicyclic amines) is 1. The van der Waals surface area contributed by atoms with Crippen LogP contribution in [0.1, 0.15) is 34.1 Å². The molecular formula is C12H19NO3. The number of ketones is 1. The highest BCUT2D eigenvalue weighted by Gasteiger charge is 2.53. The maximum atomic E-state index is 11.6. The van der Waals surface area contributed by atoms with E-state index in [0.717, 1.165) is 6.42 Å². The molecule has 0 unspecified atom stereocenters. The third kappa shape index (κ3) is 1.75. The molecule has 2 heterocycles. The predicted octanol–water partition coefficient (Wildman–Crippen LogP) is 0.990. The molecule has 2 aliphatic rings. The number of amides is 1. The van der Waals surface area contributed by atoms with Crippen molar-refractivity contribution in [2.75, 3.05) is 6.54 Å². The summed E-state index contributed by atoms with van der Waals surface area (Å²) in [4.78, 5) is 24.8. The van der Waals surface area contributed by atoms with Gasteiger partial charge in [-0.1, -0.05) is 0 Å². The van der Waals surface area contributed by atoms with E-state index in [9.17, 15) is 9.59 Å². The second kappa shape index (κ2) is 3.55. The lowest BCUT2D eigenvalue weighted by molar-refractivity contribution is -0.140. The highest BCUT2D eigenvalue weighted by molar-refractivity contribution is 5.88. The average molecular weight is 225 g/mol. The van der Waals surface area contributed by atoms with Crippen LogP contribution in [-0.4, -0.2) is 40.9 Å². The number of carbonyl (C=O) groups is 2. The van der Waals surface area contributed by atoms with Gasteiger partial charge in [-0.15, -0.1) is 0 Å².